The molecule has 0 bridgehead atoms. The van der Waals surface area contributed by atoms with Crippen molar-refractivity contribution in [2.75, 3.05) is 6.54 Å². The fourth-order valence-electron chi connectivity index (χ4n) is 1.47. The largest absolute Gasteiger partial charge is 0.419 e. The fourth-order valence-corrected chi connectivity index (χ4v) is 2.21. The number of aromatic nitrogens is 2. The van der Waals surface area contributed by atoms with Crippen LogP contribution in [0.4, 0.5) is 0 Å². The van der Waals surface area contributed by atoms with Crippen LogP contribution in [0.2, 0.25) is 5.02 Å². The van der Waals surface area contributed by atoms with Crippen LogP contribution < -0.4 is 5.32 Å². The third kappa shape index (κ3) is 3.43. The summed E-state index contributed by atoms with van der Waals surface area (Å²) in [6.45, 7) is 3.64. The summed E-state index contributed by atoms with van der Waals surface area (Å²) in [6.07, 6.45) is 1.08. The highest BCUT2D eigenvalue weighted by atomic mass is 127. The predicted molar refractivity (Wildman–Crippen MR) is 79.5 cm³/mol. The highest BCUT2D eigenvalue weighted by Gasteiger charge is 2.11. The summed E-state index contributed by atoms with van der Waals surface area (Å²) in [5, 5.41) is 11.9. The molecule has 0 unspecified atom stereocenters. The molecule has 1 heterocycles. The van der Waals surface area contributed by atoms with Crippen molar-refractivity contribution < 1.29 is 4.42 Å². The van der Waals surface area contributed by atoms with Gasteiger partial charge < -0.3 is 9.73 Å². The minimum absolute atomic E-state index is 0.509. The molecule has 96 valence electrons. The second kappa shape index (κ2) is 6.49. The van der Waals surface area contributed by atoms with Crippen LogP contribution in [0.3, 0.4) is 0 Å². The molecular weight excluding hydrogens is 365 g/mol. The predicted octanol–water partition coefficient (Wildman–Crippen LogP) is 3.49. The van der Waals surface area contributed by atoms with E-state index in [-0.39, 0.29) is 0 Å². The van der Waals surface area contributed by atoms with Crippen LogP contribution in [0.25, 0.3) is 11.5 Å². The Labute approximate surface area is 124 Å². The summed E-state index contributed by atoms with van der Waals surface area (Å²) >= 11 is 8.19. The second-order valence-corrected chi connectivity index (χ2v) is 5.40. The summed E-state index contributed by atoms with van der Waals surface area (Å²) in [5.74, 6) is 1.10. The van der Waals surface area contributed by atoms with Gasteiger partial charge in [-0.15, -0.1) is 10.2 Å². The third-order valence-electron chi connectivity index (χ3n) is 2.33. The van der Waals surface area contributed by atoms with E-state index in [4.69, 9.17) is 16.0 Å². The first-order valence-corrected chi connectivity index (χ1v) is 7.15. The molecule has 6 heteroatoms. The molecule has 0 atom stereocenters. The molecule has 1 aromatic carbocycles. The van der Waals surface area contributed by atoms with E-state index in [1.807, 2.05) is 18.2 Å². The number of nitrogens with zero attached hydrogens (tertiary/aromatic N) is 2. The maximum Gasteiger partial charge on any atom is 0.248 e. The van der Waals surface area contributed by atoms with Crippen LogP contribution in [0.5, 0.6) is 0 Å². The average Bonchev–Trinajstić information content (AvgIpc) is 2.81. The van der Waals surface area contributed by atoms with Gasteiger partial charge in [-0.3, -0.25) is 0 Å². The molecule has 0 saturated heterocycles. The van der Waals surface area contributed by atoms with Crippen LogP contribution in [-0.4, -0.2) is 16.7 Å². The van der Waals surface area contributed by atoms with Crippen LogP contribution in [0.1, 0.15) is 19.2 Å². The molecule has 0 aliphatic rings. The van der Waals surface area contributed by atoms with Gasteiger partial charge in [0.15, 0.2) is 0 Å². The number of nitrogens with one attached hydrogen (secondary N) is 1. The molecule has 1 aromatic heterocycles. The van der Waals surface area contributed by atoms with E-state index in [0.29, 0.717) is 23.3 Å². The van der Waals surface area contributed by atoms with E-state index >= 15 is 0 Å². The lowest BCUT2D eigenvalue weighted by atomic mass is 10.2. The number of halogens is 2. The van der Waals surface area contributed by atoms with Crippen molar-refractivity contribution in [1.29, 1.82) is 0 Å². The summed E-state index contributed by atoms with van der Waals surface area (Å²) < 4.78 is 6.64. The summed E-state index contributed by atoms with van der Waals surface area (Å²) in [4.78, 5) is 0. The molecule has 0 spiro atoms. The topological polar surface area (TPSA) is 51.0 Å². The first-order valence-electron chi connectivity index (χ1n) is 5.69. The molecule has 2 aromatic rings. The second-order valence-electron chi connectivity index (χ2n) is 3.80. The standard InChI is InChI=1S/C12H13ClIN3O/c1-2-5-15-7-11-16-17-12(18-11)9-6-8(13)3-4-10(9)14/h3-4,6,15H,2,5,7H2,1H3. The van der Waals surface area contributed by atoms with E-state index < -0.39 is 0 Å². The number of rotatable bonds is 5. The van der Waals surface area contributed by atoms with Crippen molar-refractivity contribution in [3.63, 3.8) is 0 Å². The summed E-state index contributed by atoms with van der Waals surface area (Å²) in [7, 11) is 0. The number of hydrogen-bond acceptors (Lipinski definition) is 4. The fraction of sp³-hybridized carbons (Fsp3) is 0.333. The van der Waals surface area contributed by atoms with Gasteiger partial charge >= 0.3 is 0 Å². The Hall–Kier alpha value is -0.660. The summed E-state index contributed by atoms with van der Waals surface area (Å²) in [6, 6.07) is 5.60. The highest BCUT2D eigenvalue weighted by Crippen LogP contribution is 2.27. The lowest BCUT2D eigenvalue weighted by Gasteiger charge is -2.00. The maximum absolute atomic E-state index is 5.97. The van der Waals surface area contributed by atoms with Gasteiger partial charge in [0.25, 0.3) is 0 Å². The minimum atomic E-state index is 0.509. The summed E-state index contributed by atoms with van der Waals surface area (Å²) in [5.41, 5.74) is 0.873. The molecule has 0 saturated carbocycles. The van der Waals surface area contributed by atoms with E-state index in [1.54, 1.807) is 0 Å². The zero-order chi connectivity index (χ0) is 13.0. The van der Waals surface area contributed by atoms with Gasteiger partial charge in [-0.2, -0.15) is 0 Å². The highest BCUT2D eigenvalue weighted by molar-refractivity contribution is 14.1. The molecule has 4 nitrogen and oxygen atoms in total. The molecule has 18 heavy (non-hydrogen) atoms. The number of benzene rings is 1. The Morgan fingerprint density at radius 1 is 1.39 bits per heavy atom. The van der Waals surface area contributed by atoms with Crippen LogP contribution in [-0.2, 0) is 6.54 Å². The first kappa shape index (κ1) is 13.8. The van der Waals surface area contributed by atoms with Crippen LogP contribution in [0.15, 0.2) is 22.6 Å². The zero-order valence-corrected chi connectivity index (χ0v) is 12.8. The lowest BCUT2D eigenvalue weighted by Crippen LogP contribution is -2.13. The molecule has 0 radical (unpaired) electrons. The Morgan fingerprint density at radius 3 is 3.00 bits per heavy atom. The van der Waals surface area contributed by atoms with E-state index in [9.17, 15) is 0 Å². The Morgan fingerprint density at radius 2 is 2.22 bits per heavy atom. The molecule has 1 N–H and O–H groups in total. The van der Waals surface area contributed by atoms with Gasteiger partial charge in [-0.1, -0.05) is 18.5 Å². The van der Waals surface area contributed by atoms with Crippen molar-refractivity contribution in [2.24, 2.45) is 0 Å². The van der Waals surface area contributed by atoms with E-state index in [0.717, 1.165) is 22.1 Å². The van der Waals surface area contributed by atoms with Crippen LogP contribution in [0, 0.1) is 3.57 Å². The lowest BCUT2D eigenvalue weighted by molar-refractivity contribution is 0.477. The van der Waals surface area contributed by atoms with Crippen molar-refractivity contribution in [1.82, 2.24) is 15.5 Å². The quantitative estimate of drug-likeness (QED) is 0.640. The molecular formula is C12H13ClIN3O. The van der Waals surface area contributed by atoms with Crippen molar-refractivity contribution >= 4 is 34.2 Å². The molecule has 0 amide bonds. The van der Waals surface area contributed by atoms with Gasteiger partial charge in [0.2, 0.25) is 11.8 Å². The van der Waals surface area contributed by atoms with E-state index in [2.05, 4.69) is 45.0 Å². The number of hydrogen-bond donors (Lipinski definition) is 1. The van der Waals surface area contributed by atoms with Gasteiger partial charge in [0.05, 0.1) is 12.1 Å². The Balaban J connectivity index is 2.16. The van der Waals surface area contributed by atoms with Crippen molar-refractivity contribution in [3.05, 3.63) is 32.7 Å². The average molecular weight is 378 g/mol. The Kier molecular flexibility index (Phi) is 4.96. The molecule has 0 aliphatic heterocycles. The first-order chi connectivity index (χ1) is 8.70. The maximum atomic E-state index is 5.97. The monoisotopic (exact) mass is 377 g/mol. The molecule has 0 fully saturated rings. The zero-order valence-electron chi connectivity index (χ0n) is 9.91. The van der Waals surface area contributed by atoms with Gasteiger partial charge in [0.1, 0.15) is 0 Å². The Bertz CT molecular complexity index is 530. The van der Waals surface area contributed by atoms with Gasteiger partial charge in [-0.05, 0) is 53.8 Å². The minimum Gasteiger partial charge on any atom is -0.419 e. The third-order valence-corrected chi connectivity index (χ3v) is 3.50. The van der Waals surface area contributed by atoms with Crippen molar-refractivity contribution in [3.8, 4) is 11.5 Å². The van der Waals surface area contributed by atoms with Crippen LogP contribution >= 0.6 is 34.2 Å². The van der Waals surface area contributed by atoms with Gasteiger partial charge in [-0.25, -0.2) is 0 Å². The van der Waals surface area contributed by atoms with Gasteiger partial charge in [0, 0.05) is 8.59 Å². The van der Waals surface area contributed by atoms with Crippen molar-refractivity contribution in [2.45, 2.75) is 19.9 Å². The molecule has 2 rings (SSSR count). The molecule has 0 aliphatic carbocycles. The SMILES string of the molecule is CCCNCc1nnc(-c2cc(Cl)ccc2I)o1. The normalized spacial score (nSPS) is 10.8. The smallest absolute Gasteiger partial charge is 0.248 e. The van der Waals surface area contributed by atoms with E-state index in [1.165, 1.54) is 0 Å².